The van der Waals surface area contributed by atoms with E-state index in [1.54, 1.807) is 0 Å². The van der Waals surface area contributed by atoms with Gasteiger partial charge in [0, 0.05) is 79.5 Å². The van der Waals surface area contributed by atoms with Gasteiger partial charge in [0.05, 0.1) is 34.1 Å². The third-order valence-corrected chi connectivity index (χ3v) is 24.2. The van der Waals surface area contributed by atoms with Crippen molar-refractivity contribution in [2.45, 2.75) is 78.6 Å². The highest BCUT2D eigenvalue weighted by atomic mass is 16.5. The summed E-state index contributed by atoms with van der Waals surface area (Å²) < 4.78 is 7.60. The molecule has 16 aromatic rings. The maximum Gasteiger partial charge on any atom is 0.256 e. The first-order valence-electron chi connectivity index (χ1n) is 40.8. The molecular weight excluding hydrogens is 1400 g/mol. The molecule has 4 heterocycles. The van der Waals surface area contributed by atoms with Crippen molar-refractivity contribution in [1.29, 1.82) is 0 Å². The molecule has 0 amide bonds. The second-order valence-corrected chi connectivity index (χ2v) is 34.4. The van der Waals surface area contributed by atoms with E-state index in [9.17, 15) is 0 Å². The molecule has 0 atom stereocenters. The molecule has 8 heteroatoms. The maximum absolute atomic E-state index is 7.60. The van der Waals surface area contributed by atoms with Crippen molar-refractivity contribution in [3.05, 3.63) is 393 Å². The Bertz CT molecular complexity index is 6450. The summed E-state index contributed by atoms with van der Waals surface area (Å²) in [5.74, 6) is 1.64. The number of para-hydroxylation sites is 9. The highest BCUT2D eigenvalue weighted by Crippen LogP contribution is 2.55. The van der Waals surface area contributed by atoms with Crippen molar-refractivity contribution in [2.24, 2.45) is 0 Å². The molecule has 4 aliphatic heterocycles. The molecule has 0 aliphatic carbocycles. The van der Waals surface area contributed by atoms with Gasteiger partial charge in [0.25, 0.3) is 13.4 Å². The minimum absolute atomic E-state index is 0.00901. The largest absolute Gasteiger partial charge is 0.458 e. The number of hydrogen-bond donors (Lipinski definition) is 0. The number of anilines is 15. The first-order valence-corrected chi connectivity index (χ1v) is 40.8. The van der Waals surface area contributed by atoms with Crippen LogP contribution in [0.3, 0.4) is 0 Å². The van der Waals surface area contributed by atoms with Gasteiger partial charge < -0.3 is 29.2 Å². The fraction of sp³-hybridized carbons (Fsp3) is 0.111. The molecule has 116 heavy (non-hydrogen) atoms. The molecule has 0 fully saturated rings. The Morgan fingerprint density at radius 1 is 0.233 bits per heavy atom. The standard InChI is InChI=1S/C108H89B2N5O/c1-106(2,3)76-60-54-73(55-61-76)85-43-22-28-48-92(85)111(79-36-16-11-17-37-79)82-66-99-104-100(67-82)114(94-50-30-25-45-87(94)75-58-64-78(65-59-75)108(7,8)9)96-52-32-26-46-88(96)109(104)90-70-91-98(71-97(90)113(99)81-40-20-13-21-41-81)115(95-51-31-24-42-84(95)72-34-14-10-15-35-72)101-68-83(69-103-105(101)110(91)89-47-27-33-53-102(89)116-103)112(80-38-18-12-19-39-80)93-49-29-23-44-86(93)74-56-62-77(63-57-74)107(4,5)6/h10-71H,1-9H3. The molecule has 4 aliphatic rings. The molecule has 0 spiro atoms. The summed E-state index contributed by atoms with van der Waals surface area (Å²) >= 11 is 0. The first-order chi connectivity index (χ1) is 56.5. The van der Waals surface area contributed by atoms with E-state index in [4.69, 9.17) is 4.74 Å². The summed E-state index contributed by atoms with van der Waals surface area (Å²) in [5, 5.41) is 0. The number of rotatable bonds is 13. The second-order valence-electron chi connectivity index (χ2n) is 34.4. The van der Waals surface area contributed by atoms with E-state index in [-0.39, 0.29) is 29.7 Å². The van der Waals surface area contributed by atoms with Crippen LogP contribution in [-0.2, 0) is 16.2 Å². The van der Waals surface area contributed by atoms with E-state index < -0.39 is 0 Å². The number of ether oxygens (including phenoxy) is 1. The maximum atomic E-state index is 7.60. The number of nitrogens with zero attached hydrogens (tertiary/aromatic N) is 5. The van der Waals surface area contributed by atoms with E-state index in [1.807, 2.05) is 0 Å². The van der Waals surface area contributed by atoms with Gasteiger partial charge in [-0.3, -0.25) is 0 Å². The minimum atomic E-state index is -0.275. The lowest BCUT2D eigenvalue weighted by atomic mass is 9.30. The van der Waals surface area contributed by atoms with Crippen LogP contribution in [0.25, 0.3) is 44.5 Å². The van der Waals surface area contributed by atoms with Crippen LogP contribution < -0.4 is 62.0 Å². The lowest BCUT2D eigenvalue weighted by Crippen LogP contribution is -2.64. The molecule has 0 aromatic heterocycles. The SMILES string of the molecule is CC(C)(C)c1ccc(-c2ccccc2N(c2ccccc2)c2cc3c4c(c2)N(c2ccccc2-c2ccccc2)c2cc5c(cc2B4c2ccccc2O3)B2c3ccccc3N(c3ccccc3-c3ccc(C(C)(C)C)cc3)c3cc(N(c4ccccc4)c4ccccc4-c4ccc(C(C)(C)C)cc4)cc(c32)N5c2ccccc2)cc1. The van der Waals surface area contributed by atoms with Crippen molar-refractivity contribution < 1.29 is 4.74 Å². The highest BCUT2D eigenvalue weighted by molar-refractivity contribution is 7.02. The molecule has 0 saturated heterocycles. The van der Waals surface area contributed by atoms with E-state index in [0.29, 0.717) is 0 Å². The summed E-state index contributed by atoms with van der Waals surface area (Å²) in [7, 11) is 0. The van der Waals surface area contributed by atoms with Crippen molar-refractivity contribution in [3.63, 3.8) is 0 Å². The van der Waals surface area contributed by atoms with Crippen LogP contribution in [-0.4, -0.2) is 13.4 Å². The molecule has 0 unspecified atom stereocenters. The van der Waals surface area contributed by atoms with Crippen LogP contribution in [0.2, 0.25) is 0 Å². The highest BCUT2D eigenvalue weighted by Gasteiger charge is 2.49. The normalized spacial score (nSPS) is 13.0. The fourth-order valence-electron chi connectivity index (χ4n) is 18.5. The van der Waals surface area contributed by atoms with Crippen LogP contribution in [0.1, 0.15) is 79.0 Å². The zero-order chi connectivity index (χ0) is 78.7. The van der Waals surface area contributed by atoms with Gasteiger partial charge in [-0.25, -0.2) is 0 Å². The summed E-state index contributed by atoms with van der Waals surface area (Å²) in [6, 6.07) is 141. The molecule has 20 rings (SSSR count). The molecular formula is C108H89B2N5O. The summed E-state index contributed by atoms with van der Waals surface area (Å²) in [5.41, 5.74) is 35.8. The third kappa shape index (κ3) is 12.3. The second kappa shape index (κ2) is 28.2. The summed E-state index contributed by atoms with van der Waals surface area (Å²) in [6.45, 7) is 20.1. The van der Waals surface area contributed by atoms with Gasteiger partial charge in [-0.2, -0.15) is 0 Å². The van der Waals surface area contributed by atoms with E-state index in [0.717, 1.165) is 152 Å². The van der Waals surface area contributed by atoms with Gasteiger partial charge in [-0.1, -0.05) is 335 Å². The Labute approximate surface area is 683 Å². The average molecular weight is 1490 g/mol. The van der Waals surface area contributed by atoms with Crippen molar-refractivity contribution >= 4 is 132 Å². The number of fused-ring (bicyclic) bond motifs is 8. The lowest BCUT2D eigenvalue weighted by molar-refractivity contribution is 0.487. The Morgan fingerprint density at radius 2 is 0.586 bits per heavy atom. The van der Waals surface area contributed by atoms with Crippen LogP contribution in [0, 0.1) is 0 Å². The zero-order valence-electron chi connectivity index (χ0n) is 67.1. The first kappa shape index (κ1) is 71.5. The molecule has 0 radical (unpaired) electrons. The van der Waals surface area contributed by atoms with Gasteiger partial charge in [0.1, 0.15) is 11.5 Å². The van der Waals surface area contributed by atoms with Gasteiger partial charge in [0.2, 0.25) is 0 Å². The summed E-state index contributed by atoms with van der Waals surface area (Å²) in [6.07, 6.45) is 0. The van der Waals surface area contributed by atoms with Gasteiger partial charge >= 0.3 is 0 Å². The molecule has 16 aromatic carbocycles. The average Bonchev–Trinajstić information content (AvgIpc) is 0.682. The van der Waals surface area contributed by atoms with Gasteiger partial charge in [0.15, 0.2) is 0 Å². The van der Waals surface area contributed by atoms with Crippen molar-refractivity contribution in [3.8, 4) is 56.0 Å². The van der Waals surface area contributed by atoms with Crippen LogP contribution in [0.5, 0.6) is 11.5 Å². The predicted molar refractivity (Wildman–Crippen MR) is 494 cm³/mol. The third-order valence-electron chi connectivity index (χ3n) is 24.2. The van der Waals surface area contributed by atoms with E-state index in [2.05, 4.69) is 463 Å². The smallest absolute Gasteiger partial charge is 0.256 e. The van der Waals surface area contributed by atoms with Gasteiger partial charge in [-0.05, 0) is 185 Å². The van der Waals surface area contributed by atoms with E-state index >= 15 is 0 Å². The number of benzene rings is 16. The van der Waals surface area contributed by atoms with Crippen molar-refractivity contribution in [2.75, 3.05) is 24.5 Å². The van der Waals surface area contributed by atoms with Gasteiger partial charge in [-0.15, -0.1) is 0 Å². The predicted octanol–water partition coefficient (Wildman–Crippen LogP) is 25.7. The van der Waals surface area contributed by atoms with Crippen molar-refractivity contribution in [1.82, 2.24) is 0 Å². The Hall–Kier alpha value is -13.6. The van der Waals surface area contributed by atoms with Crippen LogP contribution >= 0.6 is 0 Å². The van der Waals surface area contributed by atoms with Crippen LogP contribution in [0.4, 0.5) is 85.3 Å². The Balaban J connectivity index is 0.886. The Morgan fingerprint density at radius 3 is 1.09 bits per heavy atom. The molecule has 0 bridgehead atoms. The quantitative estimate of drug-likeness (QED) is 0.107. The molecule has 0 N–H and O–H groups in total. The minimum Gasteiger partial charge on any atom is -0.458 e. The number of hydrogen-bond acceptors (Lipinski definition) is 6. The summed E-state index contributed by atoms with van der Waals surface area (Å²) in [4.78, 5) is 12.8. The monoisotopic (exact) mass is 1490 g/mol. The fourth-order valence-corrected chi connectivity index (χ4v) is 18.5. The topological polar surface area (TPSA) is 25.4 Å². The molecule has 6 nitrogen and oxygen atoms in total. The van der Waals surface area contributed by atoms with E-state index in [1.165, 1.54) is 38.5 Å². The molecule has 0 saturated carbocycles. The van der Waals surface area contributed by atoms with Crippen LogP contribution in [0.15, 0.2) is 376 Å². The molecule has 558 valence electrons. The lowest BCUT2D eigenvalue weighted by Gasteiger charge is -2.47. The zero-order valence-corrected chi connectivity index (χ0v) is 67.1. The Kier molecular flexibility index (Phi) is 17.4.